The quantitative estimate of drug-likeness (QED) is 0.0964. The highest BCUT2D eigenvalue weighted by molar-refractivity contribution is 6.12. The maximum atomic E-state index is 13.0. The summed E-state index contributed by atoms with van der Waals surface area (Å²) in [5.74, 6) is -2.12. The minimum Gasteiger partial charge on any atom is -0.445 e. The molecular weight excluding hydrogens is 564 g/mol. The maximum Gasteiger partial charge on any atom is 0.404 e. The van der Waals surface area contributed by atoms with E-state index < -0.39 is 35.9 Å². The first-order valence-electron chi connectivity index (χ1n) is 13.9. The minimum absolute atomic E-state index is 0.000954. The summed E-state index contributed by atoms with van der Waals surface area (Å²) in [5, 5.41) is 8.03. The van der Waals surface area contributed by atoms with Crippen LogP contribution in [0.4, 0.5) is 10.5 Å². The molecule has 1 aliphatic rings. The lowest BCUT2D eigenvalue weighted by molar-refractivity contribution is -0.137. The molecule has 0 spiro atoms. The maximum absolute atomic E-state index is 13.0. The zero-order chi connectivity index (χ0) is 31.6. The zero-order valence-electron chi connectivity index (χ0n) is 24.2. The van der Waals surface area contributed by atoms with Gasteiger partial charge in [-0.3, -0.25) is 28.9 Å². The van der Waals surface area contributed by atoms with Crippen molar-refractivity contribution in [1.82, 2.24) is 15.5 Å². The van der Waals surface area contributed by atoms with E-state index in [1.807, 2.05) is 0 Å². The summed E-state index contributed by atoms with van der Waals surface area (Å²) >= 11 is 0. The first kappa shape index (κ1) is 34.9. The van der Waals surface area contributed by atoms with Crippen molar-refractivity contribution in [3.05, 3.63) is 42.0 Å². The van der Waals surface area contributed by atoms with Crippen LogP contribution in [0.25, 0.3) is 0 Å². The minimum atomic E-state index is -0.907. The Bertz CT molecular complexity index is 1120. The molecule has 6 amide bonds. The van der Waals surface area contributed by atoms with Gasteiger partial charge in [-0.2, -0.15) is 0 Å². The van der Waals surface area contributed by atoms with Gasteiger partial charge in [-0.05, 0) is 50.4 Å². The number of carbonyl (C=O) groups is 6. The highest BCUT2D eigenvalue weighted by Gasteiger charge is 2.25. The molecule has 15 heteroatoms. The standard InChI is InChI=1S/C28H40N6O9/c1-19(31-23(35)11-14-41-16-17-42-15-13-34-24(36)9-10-25(34)37)26(38)33-22(4-2-3-12-29)27(39)32-21-7-5-20(6-8-21)18-43-28(30)40/h5-10,19,22H,2-4,11-18,29H2,1H3,(H2,30,40)(H,31,35)(H,32,39)(H,33,38)/t19-,22?/m0/s1. The molecule has 7 N–H and O–H groups in total. The summed E-state index contributed by atoms with van der Waals surface area (Å²) in [6.45, 7) is 2.76. The number of hydrogen-bond donors (Lipinski definition) is 5. The molecule has 43 heavy (non-hydrogen) atoms. The average molecular weight is 605 g/mol. The third-order valence-electron chi connectivity index (χ3n) is 6.16. The normalized spacial score (nSPS) is 13.9. The van der Waals surface area contributed by atoms with Crippen molar-refractivity contribution in [2.24, 2.45) is 11.5 Å². The van der Waals surface area contributed by atoms with E-state index >= 15 is 0 Å². The average Bonchev–Trinajstić information content (AvgIpc) is 3.29. The Morgan fingerprint density at radius 2 is 1.53 bits per heavy atom. The van der Waals surface area contributed by atoms with E-state index in [4.69, 9.17) is 25.7 Å². The van der Waals surface area contributed by atoms with Gasteiger partial charge in [0.15, 0.2) is 0 Å². The fraction of sp³-hybridized carbons (Fsp3) is 0.500. The van der Waals surface area contributed by atoms with Crippen molar-refractivity contribution in [3.8, 4) is 0 Å². The summed E-state index contributed by atoms with van der Waals surface area (Å²) in [4.78, 5) is 72.8. The molecule has 1 aromatic carbocycles. The lowest BCUT2D eigenvalue weighted by Crippen LogP contribution is -2.51. The molecule has 0 saturated carbocycles. The second kappa shape index (κ2) is 19.0. The molecule has 2 atom stereocenters. The number of amides is 6. The first-order chi connectivity index (χ1) is 20.6. The van der Waals surface area contributed by atoms with Gasteiger partial charge in [0, 0.05) is 24.3 Å². The van der Waals surface area contributed by atoms with Crippen molar-refractivity contribution < 1.29 is 43.0 Å². The second-order valence-electron chi connectivity index (χ2n) is 9.56. The number of nitrogens with two attached hydrogens (primary N) is 2. The Morgan fingerprint density at radius 3 is 2.16 bits per heavy atom. The monoisotopic (exact) mass is 604 g/mol. The van der Waals surface area contributed by atoms with Gasteiger partial charge in [-0.1, -0.05) is 12.1 Å². The SMILES string of the molecule is C[C@H](NC(=O)CCOCCOCCN1C(=O)C=CC1=O)C(=O)NC(CCCCN)C(=O)Nc1ccc(COC(N)=O)cc1. The fourth-order valence-electron chi connectivity index (χ4n) is 3.80. The number of nitrogens with one attached hydrogen (secondary N) is 3. The fourth-order valence-corrected chi connectivity index (χ4v) is 3.80. The molecular formula is C28H40N6O9. The van der Waals surface area contributed by atoms with Crippen LogP contribution in [0.5, 0.6) is 0 Å². The van der Waals surface area contributed by atoms with E-state index in [0.717, 1.165) is 4.90 Å². The molecule has 1 unspecified atom stereocenters. The third-order valence-corrected chi connectivity index (χ3v) is 6.16. The Morgan fingerprint density at radius 1 is 0.884 bits per heavy atom. The molecule has 0 fully saturated rings. The molecule has 1 aromatic rings. The smallest absolute Gasteiger partial charge is 0.404 e. The number of benzene rings is 1. The summed E-state index contributed by atoms with van der Waals surface area (Å²) in [6, 6.07) is 4.81. The summed E-state index contributed by atoms with van der Waals surface area (Å²) < 4.78 is 15.4. The van der Waals surface area contributed by atoms with Crippen LogP contribution in [0.2, 0.25) is 0 Å². The Hall–Kier alpha value is -4.34. The highest BCUT2D eigenvalue weighted by atomic mass is 16.5. The van der Waals surface area contributed by atoms with Crippen molar-refractivity contribution in [2.75, 3.05) is 44.8 Å². The van der Waals surface area contributed by atoms with E-state index in [2.05, 4.69) is 16.0 Å². The Labute approximate surface area is 249 Å². The highest BCUT2D eigenvalue weighted by Crippen LogP contribution is 2.12. The molecule has 0 saturated heterocycles. The van der Waals surface area contributed by atoms with Gasteiger partial charge in [-0.15, -0.1) is 0 Å². The number of carbonyl (C=O) groups excluding carboxylic acids is 6. The molecule has 1 heterocycles. The van der Waals surface area contributed by atoms with E-state index in [9.17, 15) is 28.8 Å². The molecule has 2 rings (SSSR count). The summed E-state index contributed by atoms with van der Waals surface area (Å²) in [5.41, 5.74) is 11.7. The molecule has 236 valence electrons. The van der Waals surface area contributed by atoms with Gasteiger partial charge in [0.25, 0.3) is 11.8 Å². The lowest BCUT2D eigenvalue weighted by atomic mass is 10.1. The number of imide groups is 1. The number of hydrogen-bond acceptors (Lipinski definition) is 10. The summed E-state index contributed by atoms with van der Waals surface area (Å²) in [6.07, 6.45) is 3.13. The van der Waals surface area contributed by atoms with Gasteiger partial charge < -0.3 is 41.6 Å². The van der Waals surface area contributed by atoms with Gasteiger partial charge in [0.2, 0.25) is 17.7 Å². The number of nitrogens with zero attached hydrogens (tertiary/aromatic N) is 1. The van der Waals surface area contributed by atoms with Crippen molar-refractivity contribution in [1.29, 1.82) is 0 Å². The van der Waals surface area contributed by atoms with Gasteiger partial charge in [0.05, 0.1) is 33.0 Å². The number of unbranched alkanes of at least 4 members (excludes halogenated alkanes) is 1. The lowest BCUT2D eigenvalue weighted by Gasteiger charge is -2.21. The third kappa shape index (κ3) is 13.5. The van der Waals surface area contributed by atoms with Crippen LogP contribution in [-0.2, 0) is 44.8 Å². The van der Waals surface area contributed by atoms with E-state index in [0.29, 0.717) is 37.1 Å². The predicted molar refractivity (Wildman–Crippen MR) is 154 cm³/mol. The van der Waals surface area contributed by atoms with Crippen molar-refractivity contribution in [3.63, 3.8) is 0 Å². The van der Waals surface area contributed by atoms with Crippen molar-refractivity contribution >= 4 is 41.3 Å². The Balaban J connectivity index is 1.70. The van der Waals surface area contributed by atoms with Crippen LogP contribution in [0.15, 0.2) is 36.4 Å². The number of anilines is 1. The summed E-state index contributed by atoms with van der Waals surface area (Å²) in [7, 11) is 0. The van der Waals surface area contributed by atoms with Crippen LogP contribution < -0.4 is 27.4 Å². The molecule has 1 aliphatic heterocycles. The second-order valence-corrected chi connectivity index (χ2v) is 9.56. The van der Waals surface area contributed by atoms with Crippen LogP contribution >= 0.6 is 0 Å². The van der Waals surface area contributed by atoms with E-state index in [1.54, 1.807) is 24.3 Å². The Kier molecular flexibility index (Phi) is 15.4. The van der Waals surface area contributed by atoms with Gasteiger partial charge in [0.1, 0.15) is 18.7 Å². The first-order valence-corrected chi connectivity index (χ1v) is 13.9. The van der Waals surface area contributed by atoms with E-state index in [1.165, 1.54) is 19.1 Å². The number of primary amides is 1. The van der Waals surface area contributed by atoms with Crippen molar-refractivity contribution in [2.45, 2.75) is 51.3 Å². The van der Waals surface area contributed by atoms with Crippen LogP contribution in [-0.4, -0.2) is 92.1 Å². The molecule has 0 aromatic heterocycles. The van der Waals surface area contributed by atoms with Crippen LogP contribution in [0, 0.1) is 0 Å². The van der Waals surface area contributed by atoms with Crippen LogP contribution in [0.3, 0.4) is 0 Å². The number of rotatable bonds is 20. The molecule has 0 radical (unpaired) electrons. The van der Waals surface area contributed by atoms with Crippen LogP contribution in [0.1, 0.15) is 38.2 Å². The van der Waals surface area contributed by atoms with E-state index in [-0.39, 0.29) is 57.8 Å². The van der Waals surface area contributed by atoms with Gasteiger partial charge >= 0.3 is 6.09 Å². The number of ether oxygens (including phenoxy) is 3. The molecule has 15 nitrogen and oxygen atoms in total. The zero-order valence-corrected chi connectivity index (χ0v) is 24.2. The predicted octanol–water partition coefficient (Wildman–Crippen LogP) is -0.313. The van der Waals surface area contributed by atoms with Gasteiger partial charge in [-0.25, -0.2) is 4.79 Å². The molecule has 0 aliphatic carbocycles. The largest absolute Gasteiger partial charge is 0.445 e. The topological polar surface area (TPSA) is 221 Å². The molecule has 0 bridgehead atoms.